The molecule has 2 aliphatic rings. The summed E-state index contributed by atoms with van der Waals surface area (Å²) in [7, 11) is 0. The highest BCUT2D eigenvalue weighted by Gasteiger charge is 2.54. The monoisotopic (exact) mass is 377 g/mol. The van der Waals surface area contributed by atoms with E-state index in [-0.39, 0.29) is 17.2 Å². The van der Waals surface area contributed by atoms with Gasteiger partial charge in [0.1, 0.15) is 6.07 Å². The molecule has 1 aliphatic heterocycles. The van der Waals surface area contributed by atoms with Crippen molar-refractivity contribution in [3.8, 4) is 18.2 Å². The van der Waals surface area contributed by atoms with Gasteiger partial charge < -0.3 is 5.73 Å². The van der Waals surface area contributed by atoms with E-state index in [1.807, 2.05) is 18.2 Å². The third-order valence-corrected chi connectivity index (χ3v) is 5.72. The number of allylic oxidation sites excluding steroid dienone is 2. The summed E-state index contributed by atoms with van der Waals surface area (Å²) in [5, 5.41) is 30.3. The minimum Gasteiger partial charge on any atom is -0.399 e. The highest BCUT2D eigenvalue weighted by molar-refractivity contribution is 6.30. The van der Waals surface area contributed by atoms with E-state index in [4.69, 9.17) is 17.3 Å². The predicted molar refractivity (Wildman–Crippen MR) is 103 cm³/mol. The van der Waals surface area contributed by atoms with Crippen molar-refractivity contribution in [2.45, 2.75) is 19.3 Å². The molecule has 6 heteroatoms. The molecule has 0 amide bonds. The van der Waals surface area contributed by atoms with Gasteiger partial charge in [-0.1, -0.05) is 36.7 Å². The maximum atomic E-state index is 10.0. The zero-order valence-corrected chi connectivity index (χ0v) is 15.9. The first-order valence-corrected chi connectivity index (χ1v) is 9.31. The summed E-state index contributed by atoms with van der Waals surface area (Å²) in [6.45, 7) is 4.42. The van der Waals surface area contributed by atoms with Crippen LogP contribution in [-0.2, 0) is 0 Å². The summed E-state index contributed by atoms with van der Waals surface area (Å²) in [5.74, 6) is -0.667. The molecule has 136 valence electrons. The molecule has 0 saturated heterocycles. The quantitative estimate of drug-likeness (QED) is 0.868. The molecule has 1 heterocycles. The van der Waals surface area contributed by atoms with Crippen LogP contribution in [0.5, 0.6) is 0 Å². The third-order valence-electron chi connectivity index (χ3n) is 5.49. The van der Waals surface area contributed by atoms with Gasteiger partial charge >= 0.3 is 0 Å². The highest BCUT2D eigenvalue weighted by Crippen LogP contribution is 2.54. The molecule has 5 nitrogen and oxygen atoms in total. The predicted octanol–water partition coefficient (Wildman–Crippen LogP) is 3.48. The van der Waals surface area contributed by atoms with E-state index in [1.54, 1.807) is 12.1 Å². The minimum atomic E-state index is -1.60. The van der Waals surface area contributed by atoms with Gasteiger partial charge in [0, 0.05) is 29.9 Å². The van der Waals surface area contributed by atoms with Gasteiger partial charge in [0.15, 0.2) is 5.41 Å². The van der Waals surface area contributed by atoms with Crippen LogP contribution in [0.2, 0.25) is 5.02 Å². The van der Waals surface area contributed by atoms with E-state index in [1.165, 1.54) is 0 Å². The molecule has 0 bridgehead atoms. The van der Waals surface area contributed by atoms with Crippen LogP contribution in [0.1, 0.15) is 24.8 Å². The maximum absolute atomic E-state index is 10.0. The van der Waals surface area contributed by atoms with Gasteiger partial charge in [0.2, 0.25) is 0 Å². The molecule has 3 rings (SSSR count). The first-order valence-electron chi connectivity index (χ1n) is 8.93. The first-order chi connectivity index (χ1) is 13.0. The van der Waals surface area contributed by atoms with E-state index in [0.29, 0.717) is 11.6 Å². The average molecular weight is 378 g/mol. The highest BCUT2D eigenvalue weighted by atomic mass is 35.5. The third kappa shape index (κ3) is 2.98. The lowest BCUT2D eigenvalue weighted by Gasteiger charge is -2.45. The lowest BCUT2D eigenvalue weighted by molar-refractivity contribution is 0.207. The summed E-state index contributed by atoms with van der Waals surface area (Å²) >= 11 is 6.20. The molecule has 0 spiro atoms. The molecule has 0 radical (unpaired) electrons. The molecule has 0 aromatic heterocycles. The first kappa shape index (κ1) is 19.0. The summed E-state index contributed by atoms with van der Waals surface area (Å²) in [5.41, 5.74) is 6.63. The number of halogens is 1. The molecule has 0 saturated carbocycles. The number of hydrogen-bond acceptors (Lipinski definition) is 5. The van der Waals surface area contributed by atoms with Gasteiger partial charge in [-0.3, -0.25) is 4.90 Å². The van der Waals surface area contributed by atoms with E-state index in [2.05, 4.69) is 30.0 Å². The van der Waals surface area contributed by atoms with Crippen molar-refractivity contribution in [3.05, 3.63) is 57.8 Å². The van der Waals surface area contributed by atoms with Crippen LogP contribution >= 0.6 is 11.6 Å². The second-order valence-corrected chi connectivity index (χ2v) is 7.43. The molecule has 1 aromatic carbocycles. The van der Waals surface area contributed by atoms with Crippen molar-refractivity contribution >= 4 is 11.6 Å². The van der Waals surface area contributed by atoms with Crippen LogP contribution in [0, 0.1) is 45.3 Å². The average Bonchev–Trinajstić information content (AvgIpc) is 2.67. The van der Waals surface area contributed by atoms with Crippen LogP contribution in [0.25, 0.3) is 0 Å². The Hall–Kier alpha value is -2.78. The van der Waals surface area contributed by atoms with Gasteiger partial charge in [-0.25, -0.2) is 0 Å². The van der Waals surface area contributed by atoms with E-state index in [9.17, 15) is 15.8 Å². The molecule has 27 heavy (non-hydrogen) atoms. The zero-order valence-electron chi connectivity index (χ0n) is 15.1. The van der Waals surface area contributed by atoms with Crippen molar-refractivity contribution in [3.63, 3.8) is 0 Å². The Morgan fingerprint density at radius 3 is 2.63 bits per heavy atom. The Bertz CT molecular complexity index is 927. The van der Waals surface area contributed by atoms with Crippen LogP contribution in [-0.4, -0.2) is 24.5 Å². The van der Waals surface area contributed by atoms with E-state index < -0.39 is 11.3 Å². The summed E-state index contributed by atoms with van der Waals surface area (Å²) in [6, 6.07) is 13.7. The summed E-state index contributed by atoms with van der Waals surface area (Å²) in [6.07, 6.45) is 3.02. The SMILES string of the molecule is CCCN1CC=C2C(C#N)=C(N)C(C#N)(C#N)C(c3cccc(Cl)c3)C2C1. The number of nitriles is 3. The minimum absolute atomic E-state index is 0.0476. The number of hydrogen-bond donors (Lipinski definition) is 1. The van der Waals surface area contributed by atoms with E-state index in [0.717, 1.165) is 30.6 Å². The second kappa shape index (κ2) is 7.45. The van der Waals surface area contributed by atoms with Gasteiger partial charge in [-0.2, -0.15) is 15.8 Å². The van der Waals surface area contributed by atoms with Crippen LogP contribution in [0.15, 0.2) is 47.2 Å². The number of benzene rings is 1. The second-order valence-electron chi connectivity index (χ2n) is 6.99. The number of nitrogens with zero attached hydrogens (tertiary/aromatic N) is 4. The van der Waals surface area contributed by atoms with Crippen molar-refractivity contribution in [1.82, 2.24) is 4.90 Å². The largest absolute Gasteiger partial charge is 0.399 e. The number of fused-ring (bicyclic) bond motifs is 1. The lowest BCUT2D eigenvalue weighted by atomic mass is 9.58. The van der Waals surface area contributed by atoms with Crippen molar-refractivity contribution in [1.29, 1.82) is 15.8 Å². The molecule has 1 aliphatic carbocycles. The fraction of sp³-hybridized carbons (Fsp3) is 0.381. The fourth-order valence-corrected chi connectivity index (χ4v) is 4.51. The van der Waals surface area contributed by atoms with Crippen LogP contribution < -0.4 is 5.73 Å². The zero-order chi connectivity index (χ0) is 19.6. The maximum Gasteiger partial charge on any atom is 0.191 e. The standard InChI is InChI=1S/C21H20ClN5/c1-2-7-27-8-6-16-17(10-23)20(26)21(12-24,13-25)19(18(16)11-27)14-4-3-5-15(22)9-14/h3-6,9,18-19H,2,7-8,11,26H2,1H3. The Morgan fingerprint density at radius 1 is 1.30 bits per heavy atom. The topological polar surface area (TPSA) is 101 Å². The molecular weight excluding hydrogens is 358 g/mol. The van der Waals surface area contributed by atoms with Crippen LogP contribution in [0.4, 0.5) is 0 Å². The van der Waals surface area contributed by atoms with Gasteiger partial charge in [0.05, 0.1) is 23.4 Å². The van der Waals surface area contributed by atoms with Gasteiger partial charge in [0.25, 0.3) is 0 Å². The van der Waals surface area contributed by atoms with Crippen molar-refractivity contribution in [2.75, 3.05) is 19.6 Å². The molecule has 2 N–H and O–H groups in total. The Labute approximate surface area is 164 Å². The number of rotatable bonds is 3. The summed E-state index contributed by atoms with van der Waals surface area (Å²) in [4.78, 5) is 2.28. The smallest absolute Gasteiger partial charge is 0.191 e. The van der Waals surface area contributed by atoms with Crippen LogP contribution in [0.3, 0.4) is 0 Å². The van der Waals surface area contributed by atoms with Gasteiger partial charge in [-0.15, -0.1) is 0 Å². The molecule has 1 aromatic rings. The summed E-state index contributed by atoms with van der Waals surface area (Å²) < 4.78 is 0. The Kier molecular flexibility index (Phi) is 5.24. The van der Waals surface area contributed by atoms with Crippen molar-refractivity contribution < 1.29 is 0 Å². The van der Waals surface area contributed by atoms with Crippen molar-refractivity contribution in [2.24, 2.45) is 17.1 Å². The molecular formula is C21H20ClN5. The molecule has 0 fully saturated rings. The molecule has 2 atom stereocenters. The fourth-order valence-electron chi connectivity index (χ4n) is 4.31. The van der Waals surface area contributed by atoms with Gasteiger partial charge in [-0.05, 0) is 36.2 Å². The molecule has 2 unspecified atom stereocenters. The Balaban J connectivity index is 2.27. The van der Waals surface area contributed by atoms with E-state index >= 15 is 0 Å². The normalized spacial score (nSPS) is 24.2. The lowest BCUT2D eigenvalue weighted by Crippen LogP contribution is -2.48. The Morgan fingerprint density at radius 2 is 2.04 bits per heavy atom. The number of nitrogens with two attached hydrogens (primary N) is 1.